The van der Waals surface area contributed by atoms with Crippen LogP contribution in [0.4, 0.5) is 5.69 Å². The fraction of sp³-hybridized carbons (Fsp3) is 0.375. The summed E-state index contributed by atoms with van der Waals surface area (Å²) in [5.74, 6) is 0.595. The van der Waals surface area contributed by atoms with E-state index in [1.165, 1.54) is 0 Å². The summed E-state index contributed by atoms with van der Waals surface area (Å²) < 4.78 is 1.98. The molecule has 1 amide bonds. The summed E-state index contributed by atoms with van der Waals surface area (Å²) in [7, 11) is 1.97. The number of carbonyl (C=O) groups is 1. The Morgan fingerprint density at radius 1 is 1.39 bits per heavy atom. The van der Waals surface area contributed by atoms with Crippen molar-refractivity contribution < 1.29 is 4.79 Å². The molecule has 0 spiro atoms. The van der Waals surface area contributed by atoms with Crippen LogP contribution in [0.3, 0.4) is 0 Å². The molecule has 1 aliphatic heterocycles. The summed E-state index contributed by atoms with van der Waals surface area (Å²) in [4.78, 5) is 17.6. The van der Waals surface area contributed by atoms with Crippen molar-refractivity contribution >= 4 is 35.8 Å². The van der Waals surface area contributed by atoms with Gasteiger partial charge < -0.3 is 15.2 Å². The van der Waals surface area contributed by atoms with Gasteiger partial charge in [0.05, 0.1) is 0 Å². The van der Waals surface area contributed by atoms with Crippen molar-refractivity contribution in [2.45, 2.75) is 17.0 Å². The second-order valence-corrected chi connectivity index (χ2v) is 6.68. The predicted octanol–water partition coefficient (Wildman–Crippen LogP) is 2.79. The number of rotatable bonds is 5. The van der Waals surface area contributed by atoms with E-state index in [1.807, 2.05) is 49.0 Å². The number of hydrogen-bond acceptors (Lipinski definition) is 4. The Kier molecular flexibility index (Phi) is 6.10. The van der Waals surface area contributed by atoms with Gasteiger partial charge in [0.15, 0.2) is 5.16 Å². The molecule has 3 rings (SSSR count). The molecular formula is C16H21ClN4OS. The Morgan fingerprint density at radius 2 is 2.09 bits per heavy atom. The first-order chi connectivity index (χ1) is 10.6. The molecule has 0 radical (unpaired) electrons. The number of anilines is 1. The van der Waals surface area contributed by atoms with Gasteiger partial charge >= 0.3 is 0 Å². The number of imidazole rings is 1. The first-order valence-electron chi connectivity index (χ1n) is 7.40. The minimum absolute atomic E-state index is 0. The molecule has 23 heavy (non-hydrogen) atoms. The quantitative estimate of drug-likeness (QED) is 0.868. The lowest BCUT2D eigenvalue weighted by Crippen LogP contribution is -2.48. The average molecular weight is 353 g/mol. The Balaban J connectivity index is 0.00000192. The van der Waals surface area contributed by atoms with Gasteiger partial charge in [0.1, 0.15) is 0 Å². The number of benzene rings is 1. The van der Waals surface area contributed by atoms with E-state index in [0.717, 1.165) is 28.8 Å². The largest absolute Gasteiger partial charge is 0.329 e. The van der Waals surface area contributed by atoms with Crippen molar-refractivity contribution in [1.29, 1.82) is 0 Å². The number of nitrogens with one attached hydrogen (secondary N) is 2. The van der Waals surface area contributed by atoms with Gasteiger partial charge in [-0.3, -0.25) is 4.79 Å². The summed E-state index contributed by atoms with van der Waals surface area (Å²) in [5, 5.41) is 7.14. The molecular weight excluding hydrogens is 332 g/mol. The maximum absolute atomic E-state index is 12.2. The lowest BCUT2D eigenvalue weighted by atomic mass is 9.88. The van der Waals surface area contributed by atoms with Crippen LogP contribution in [-0.2, 0) is 11.8 Å². The van der Waals surface area contributed by atoms with Crippen LogP contribution in [-0.4, -0.2) is 28.5 Å². The molecule has 2 N–H and O–H groups in total. The van der Waals surface area contributed by atoms with Gasteiger partial charge in [-0.2, -0.15) is 0 Å². The van der Waals surface area contributed by atoms with Crippen LogP contribution < -0.4 is 10.6 Å². The lowest BCUT2D eigenvalue weighted by Gasteiger charge is -2.31. The number of nitrogens with zero attached hydrogens (tertiary/aromatic N) is 2. The summed E-state index contributed by atoms with van der Waals surface area (Å²) in [5.41, 5.74) is 0.841. The van der Waals surface area contributed by atoms with E-state index in [-0.39, 0.29) is 24.2 Å². The van der Waals surface area contributed by atoms with Crippen molar-refractivity contribution in [2.24, 2.45) is 18.9 Å². The number of hydrogen-bond donors (Lipinski definition) is 2. The summed E-state index contributed by atoms with van der Waals surface area (Å²) in [6, 6.07) is 7.89. The molecule has 5 nitrogen and oxygen atoms in total. The predicted molar refractivity (Wildman–Crippen MR) is 95.2 cm³/mol. The standard InChI is InChI=1S/C16H20N4OS.ClH/c1-11(12-9-17-10-12)15(21)19-13-3-5-14(6-4-13)22-16-18-7-8-20(16)2;/h3-8,11-12,17H,9-10H2,1-2H3,(H,19,21);1H. The van der Waals surface area contributed by atoms with Gasteiger partial charge in [-0.15, -0.1) is 12.4 Å². The molecule has 1 saturated heterocycles. The van der Waals surface area contributed by atoms with Gasteiger partial charge in [0.25, 0.3) is 0 Å². The second kappa shape index (κ2) is 7.86. The van der Waals surface area contributed by atoms with Crippen LogP contribution in [0.2, 0.25) is 0 Å². The van der Waals surface area contributed by atoms with E-state index in [2.05, 4.69) is 15.6 Å². The third kappa shape index (κ3) is 4.28. The molecule has 2 heterocycles. The molecule has 1 aliphatic rings. The third-order valence-electron chi connectivity index (χ3n) is 4.04. The monoisotopic (exact) mass is 352 g/mol. The molecule has 1 aromatic carbocycles. The molecule has 0 saturated carbocycles. The molecule has 0 bridgehead atoms. The maximum atomic E-state index is 12.2. The Morgan fingerprint density at radius 3 is 2.61 bits per heavy atom. The van der Waals surface area contributed by atoms with E-state index >= 15 is 0 Å². The molecule has 1 unspecified atom stereocenters. The highest BCUT2D eigenvalue weighted by molar-refractivity contribution is 7.99. The van der Waals surface area contributed by atoms with Crippen LogP contribution in [0, 0.1) is 11.8 Å². The van der Waals surface area contributed by atoms with Crippen LogP contribution in [0.15, 0.2) is 46.7 Å². The Bertz CT molecular complexity index is 654. The molecule has 1 atom stereocenters. The molecule has 1 fully saturated rings. The highest BCUT2D eigenvalue weighted by Crippen LogP contribution is 2.27. The summed E-state index contributed by atoms with van der Waals surface area (Å²) in [6.45, 7) is 3.87. The van der Waals surface area contributed by atoms with Crippen molar-refractivity contribution in [3.05, 3.63) is 36.7 Å². The van der Waals surface area contributed by atoms with Crippen LogP contribution in [0.25, 0.3) is 0 Å². The first-order valence-corrected chi connectivity index (χ1v) is 8.22. The van der Waals surface area contributed by atoms with E-state index in [0.29, 0.717) is 5.92 Å². The van der Waals surface area contributed by atoms with E-state index in [9.17, 15) is 4.79 Å². The molecule has 2 aromatic rings. The zero-order chi connectivity index (χ0) is 15.5. The minimum Gasteiger partial charge on any atom is -0.329 e. The highest BCUT2D eigenvalue weighted by atomic mass is 35.5. The fourth-order valence-electron chi connectivity index (χ4n) is 2.30. The smallest absolute Gasteiger partial charge is 0.227 e. The number of aryl methyl sites for hydroxylation is 1. The third-order valence-corrected chi connectivity index (χ3v) is 5.13. The van der Waals surface area contributed by atoms with Gasteiger partial charge in [0.2, 0.25) is 5.91 Å². The van der Waals surface area contributed by atoms with E-state index < -0.39 is 0 Å². The normalized spacial score (nSPS) is 15.4. The van der Waals surface area contributed by atoms with Crippen molar-refractivity contribution in [3.63, 3.8) is 0 Å². The molecule has 124 valence electrons. The average Bonchev–Trinajstić information content (AvgIpc) is 2.84. The lowest BCUT2D eigenvalue weighted by molar-refractivity contribution is -0.121. The van der Waals surface area contributed by atoms with E-state index in [4.69, 9.17) is 0 Å². The summed E-state index contributed by atoms with van der Waals surface area (Å²) >= 11 is 1.60. The first kappa shape index (κ1) is 17.8. The molecule has 0 aliphatic carbocycles. The highest BCUT2D eigenvalue weighted by Gasteiger charge is 2.28. The zero-order valence-corrected chi connectivity index (χ0v) is 14.8. The Labute approximate surface area is 146 Å². The van der Waals surface area contributed by atoms with Gasteiger partial charge in [-0.05, 0) is 43.3 Å². The Hall–Kier alpha value is -1.50. The van der Waals surface area contributed by atoms with Crippen molar-refractivity contribution in [2.75, 3.05) is 18.4 Å². The van der Waals surface area contributed by atoms with Gasteiger partial charge in [-0.1, -0.05) is 18.7 Å². The van der Waals surface area contributed by atoms with Crippen molar-refractivity contribution in [1.82, 2.24) is 14.9 Å². The van der Waals surface area contributed by atoms with Crippen LogP contribution in [0.5, 0.6) is 0 Å². The van der Waals surface area contributed by atoms with Gasteiger partial charge in [-0.25, -0.2) is 4.98 Å². The topological polar surface area (TPSA) is 59.0 Å². The van der Waals surface area contributed by atoms with Crippen LogP contribution >= 0.6 is 24.2 Å². The van der Waals surface area contributed by atoms with E-state index in [1.54, 1.807) is 18.0 Å². The summed E-state index contributed by atoms with van der Waals surface area (Å²) in [6.07, 6.45) is 3.71. The number of halogens is 1. The number of amides is 1. The SMILES string of the molecule is CC(C(=O)Nc1ccc(Sc2nccn2C)cc1)C1CNC1.Cl. The number of carbonyl (C=O) groups excluding carboxylic acids is 1. The minimum atomic E-state index is 0. The second-order valence-electron chi connectivity index (χ2n) is 5.64. The van der Waals surface area contributed by atoms with Gasteiger partial charge in [0, 0.05) is 35.9 Å². The fourth-order valence-corrected chi connectivity index (χ4v) is 3.10. The maximum Gasteiger partial charge on any atom is 0.227 e. The zero-order valence-electron chi connectivity index (χ0n) is 13.2. The van der Waals surface area contributed by atoms with Crippen LogP contribution in [0.1, 0.15) is 6.92 Å². The number of aromatic nitrogens is 2. The molecule has 1 aromatic heterocycles. The van der Waals surface area contributed by atoms with Crippen molar-refractivity contribution in [3.8, 4) is 0 Å². The molecule has 7 heteroatoms.